The Kier molecular flexibility index (Phi) is 5.10. The molecule has 0 fully saturated rings. The van der Waals surface area contributed by atoms with Crippen LogP contribution in [0.4, 0.5) is 23.5 Å². The topological polar surface area (TPSA) is 134 Å². The zero-order chi connectivity index (χ0) is 16.1. The van der Waals surface area contributed by atoms with E-state index in [-0.39, 0.29) is 5.95 Å². The Morgan fingerprint density at radius 2 is 1.55 bits per heavy atom. The molecule has 2 aromatic rings. The first-order valence-corrected chi connectivity index (χ1v) is 7.30. The molecule has 0 bridgehead atoms. The van der Waals surface area contributed by atoms with E-state index >= 15 is 0 Å². The number of anilines is 4. The molecule has 0 saturated carbocycles. The molecule has 2 rings (SSSR count). The standard InChI is InChI=1S/C13H22N8O/c1-4-15-10-9-8(18-12(14)20-10)11(16-5-2)21-13(19-9)17-6-7(3)22/h7,22H,4-6H2,1-3H3,(H3,14,15,18,20)(H2,16,17,19,21). The maximum absolute atomic E-state index is 9.39. The highest BCUT2D eigenvalue weighted by molar-refractivity contribution is 5.94. The maximum atomic E-state index is 9.39. The lowest BCUT2D eigenvalue weighted by Crippen LogP contribution is -2.18. The Morgan fingerprint density at radius 3 is 2.14 bits per heavy atom. The predicted molar refractivity (Wildman–Crippen MR) is 88.0 cm³/mol. The van der Waals surface area contributed by atoms with Crippen LogP contribution < -0.4 is 21.7 Å². The Hall–Kier alpha value is -2.42. The summed E-state index contributed by atoms with van der Waals surface area (Å²) in [5.74, 6) is 1.70. The summed E-state index contributed by atoms with van der Waals surface area (Å²) in [5.41, 5.74) is 6.90. The van der Waals surface area contributed by atoms with Crippen molar-refractivity contribution in [3.63, 3.8) is 0 Å². The highest BCUT2D eigenvalue weighted by atomic mass is 16.3. The van der Waals surface area contributed by atoms with E-state index in [0.717, 1.165) is 0 Å². The number of nitrogens with one attached hydrogen (secondary N) is 3. The molecule has 0 aliphatic heterocycles. The number of aliphatic hydroxyl groups is 1. The summed E-state index contributed by atoms with van der Waals surface area (Å²) in [4.78, 5) is 17.2. The Morgan fingerprint density at radius 1 is 0.955 bits per heavy atom. The van der Waals surface area contributed by atoms with Crippen LogP contribution in [0.15, 0.2) is 0 Å². The summed E-state index contributed by atoms with van der Waals surface area (Å²) in [5, 5.41) is 18.7. The number of aliphatic hydroxyl groups excluding tert-OH is 1. The number of hydrogen-bond donors (Lipinski definition) is 5. The van der Waals surface area contributed by atoms with Crippen LogP contribution in [0.1, 0.15) is 20.8 Å². The van der Waals surface area contributed by atoms with Gasteiger partial charge in [-0.15, -0.1) is 0 Å². The first-order valence-electron chi connectivity index (χ1n) is 7.30. The van der Waals surface area contributed by atoms with Crippen LogP contribution in [0, 0.1) is 0 Å². The summed E-state index contributed by atoms with van der Waals surface area (Å²) >= 11 is 0. The van der Waals surface area contributed by atoms with Gasteiger partial charge in [-0.3, -0.25) is 0 Å². The number of nitrogens with zero attached hydrogens (tertiary/aromatic N) is 4. The highest BCUT2D eigenvalue weighted by Crippen LogP contribution is 2.26. The molecule has 0 aliphatic rings. The van der Waals surface area contributed by atoms with Gasteiger partial charge < -0.3 is 26.8 Å². The smallest absolute Gasteiger partial charge is 0.225 e. The second-order valence-electron chi connectivity index (χ2n) is 4.81. The normalized spacial score (nSPS) is 12.2. The SMILES string of the molecule is CCNc1nc(NCC(C)O)nc2c(NCC)nc(N)nc12. The van der Waals surface area contributed by atoms with Crippen molar-refractivity contribution >= 4 is 34.6 Å². The van der Waals surface area contributed by atoms with E-state index in [0.29, 0.717) is 48.3 Å². The van der Waals surface area contributed by atoms with Gasteiger partial charge in [0.15, 0.2) is 11.6 Å². The molecule has 0 amide bonds. The number of nitrogens with two attached hydrogens (primary N) is 1. The van der Waals surface area contributed by atoms with E-state index in [1.165, 1.54) is 0 Å². The maximum Gasteiger partial charge on any atom is 0.225 e. The van der Waals surface area contributed by atoms with Gasteiger partial charge in [0.05, 0.1) is 6.10 Å². The van der Waals surface area contributed by atoms with Gasteiger partial charge in [0.2, 0.25) is 11.9 Å². The quantitative estimate of drug-likeness (QED) is 0.500. The first-order chi connectivity index (χ1) is 10.5. The number of aromatic nitrogens is 4. The van der Waals surface area contributed by atoms with Gasteiger partial charge in [0.25, 0.3) is 0 Å². The zero-order valence-corrected chi connectivity index (χ0v) is 13.0. The van der Waals surface area contributed by atoms with Crippen LogP contribution in [0.2, 0.25) is 0 Å². The molecule has 0 saturated heterocycles. The monoisotopic (exact) mass is 306 g/mol. The molecule has 0 radical (unpaired) electrons. The van der Waals surface area contributed by atoms with E-state index in [2.05, 4.69) is 35.9 Å². The van der Waals surface area contributed by atoms with Gasteiger partial charge in [-0.05, 0) is 20.8 Å². The van der Waals surface area contributed by atoms with Gasteiger partial charge in [-0.25, -0.2) is 9.97 Å². The van der Waals surface area contributed by atoms with Crippen molar-refractivity contribution in [3.8, 4) is 0 Å². The minimum absolute atomic E-state index is 0.163. The average molecular weight is 306 g/mol. The van der Waals surface area contributed by atoms with E-state index in [1.54, 1.807) is 6.92 Å². The van der Waals surface area contributed by atoms with Crippen LogP contribution in [-0.4, -0.2) is 50.8 Å². The lowest BCUT2D eigenvalue weighted by molar-refractivity contribution is 0.208. The van der Waals surface area contributed by atoms with Gasteiger partial charge in [0, 0.05) is 19.6 Å². The van der Waals surface area contributed by atoms with Crippen molar-refractivity contribution in [2.75, 3.05) is 41.3 Å². The fourth-order valence-electron chi connectivity index (χ4n) is 1.93. The van der Waals surface area contributed by atoms with Crippen LogP contribution in [0.3, 0.4) is 0 Å². The minimum Gasteiger partial charge on any atom is -0.392 e. The van der Waals surface area contributed by atoms with Crippen molar-refractivity contribution in [3.05, 3.63) is 0 Å². The van der Waals surface area contributed by atoms with E-state index < -0.39 is 6.10 Å². The molecule has 2 heterocycles. The van der Waals surface area contributed by atoms with Crippen molar-refractivity contribution in [1.82, 2.24) is 19.9 Å². The number of fused-ring (bicyclic) bond motifs is 1. The summed E-state index contributed by atoms with van der Waals surface area (Å²) in [6, 6.07) is 0. The third-order valence-corrected chi connectivity index (χ3v) is 2.81. The molecule has 120 valence electrons. The predicted octanol–water partition coefficient (Wildman–Crippen LogP) is 0.658. The fraction of sp³-hybridized carbons (Fsp3) is 0.538. The van der Waals surface area contributed by atoms with Crippen LogP contribution in [-0.2, 0) is 0 Å². The Labute approximate surface area is 128 Å². The molecule has 2 aromatic heterocycles. The lowest BCUT2D eigenvalue weighted by atomic mass is 10.3. The molecule has 1 atom stereocenters. The van der Waals surface area contributed by atoms with Crippen LogP contribution >= 0.6 is 0 Å². The summed E-state index contributed by atoms with van der Waals surface area (Å²) in [7, 11) is 0. The summed E-state index contributed by atoms with van der Waals surface area (Å²) < 4.78 is 0. The number of hydrogen-bond acceptors (Lipinski definition) is 9. The van der Waals surface area contributed by atoms with Gasteiger partial charge in [-0.1, -0.05) is 0 Å². The molecule has 0 aromatic carbocycles. The molecular weight excluding hydrogens is 284 g/mol. The van der Waals surface area contributed by atoms with E-state index in [9.17, 15) is 5.11 Å². The third kappa shape index (κ3) is 3.61. The van der Waals surface area contributed by atoms with Gasteiger partial charge in [-0.2, -0.15) is 9.97 Å². The second kappa shape index (κ2) is 7.03. The number of rotatable bonds is 7. The zero-order valence-electron chi connectivity index (χ0n) is 13.0. The van der Waals surface area contributed by atoms with Crippen molar-refractivity contribution in [1.29, 1.82) is 0 Å². The van der Waals surface area contributed by atoms with Crippen molar-refractivity contribution < 1.29 is 5.11 Å². The van der Waals surface area contributed by atoms with Crippen LogP contribution in [0.5, 0.6) is 0 Å². The Balaban J connectivity index is 2.55. The molecule has 0 aliphatic carbocycles. The average Bonchev–Trinajstić information content (AvgIpc) is 2.46. The third-order valence-electron chi connectivity index (χ3n) is 2.81. The molecule has 22 heavy (non-hydrogen) atoms. The van der Waals surface area contributed by atoms with Gasteiger partial charge in [0.1, 0.15) is 11.0 Å². The van der Waals surface area contributed by atoms with E-state index in [1.807, 2.05) is 13.8 Å². The summed E-state index contributed by atoms with van der Waals surface area (Å²) in [6.45, 7) is 7.33. The lowest BCUT2D eigenvalue weighted by Gasteiger charge is -2.13. The van der Waals surface area contributed by atoms with Gasteiger partial charge >= 0.3 is 0 Å². The number of nitrogen functional groups attached to an aromatic ring is 1. The summed E-state index contributed by atoms with van der Waals surface area (Å²) in [6.07, 6.45) is -0.502. The fourth-order valence-corrected chi connectivity index (χ4v) is 1.93. The first kappa shape index (κ1) is 16.0. The molecule has 0 spiro atoms. The minimum atomic E-state index is -0.502. The highest BCUT2D eigenvalue weighted by Gasteiger charge is 2.14. The van der Waals surface area contributed by atoms with Crippen LogP contribution in [0.25, 0.3) is 11.0 Å². The molecular formula is C13H22N8O. The van der Waals surface area contributed by atoms with E-state index in [4.69, 9.17) is 5.73 Å². The largest absolute Gasteiger partial charge is 0.392 e. The second-order valence-corrected chi connectivity index (χ2v) is 4.81. The molecule has 6 N–H and O–H groups in total. The molecule has 1 unspecified atom stereocenters. The molecule has 9 nitrogen and oxygen atoms in total. The Bertz CT molecular complexity index is 645. The van der Waals surface area contributed by atoms with Crippen molar-refractivity contribution in [2.24, 2.45) is 0 Å². The van der Waals surface area contributed by atoms with Crippen molar-refractivity contribution in [2.45, 2.75) is 26.9 Å². The molecule has 9 heteroatoms.